The van der Waals surface area contributed by atoms with Crippen molar-refractivity contribution in [2.45, 2.75) is 62.2 Å². The van der Waals surface area contributed by atoms with Crippen molar-refractivity contribution in [3.8, 4) is 6.57 Å². The normalized spacial score (nSPS) is 24.3. The molecule has 3 heterocycles. The average molecular weight is 660 g/mol. The van der Waals surface area contributed by atoms with Crippen LogP contribution in [0.1, 0.15) is 42.7 Å². The number of fused-ring (bicyclic) bond motifs is 1. The zero-order valence-electron chi connectivity index (χ0n) is 24.3. The van der Waals surface area contributed by atoms with Gasteiger partial charge in [-0.3, -0.25) is 18.9 Å². The van der Waals surface area contributed by atoms with Crippen LogP contribution in [-0.4, -0.2) is 68.8 Å². The SMILES string of the molecule is C#[N+]C(C(=O)Nc1cccc(F)c1CCC1NCC(CCCS(=O)[O-])N2CC12)C(C1=CN=CC(F)=CC1)c1ccc(Cl)c(F)c1. The maximum Gasteiger partial charge on any atom is 0.359 e. The van der Waals surface area contributed by atoms with Gasteiger partial charge in [-0.2, -0.15) is 0 Å². The molecule has 0 aliphatic carbocycles. The minimum Gasteiger partial charge on any atom is -0.772 e. The predicted molar refractivity (Wildman–Crippen MR) is 169 cm³/mol. The first-order valence-electron chi connectivity index (χ1n) is 14.7. The first kappa shape index (κ1) is 33.0. The molecule has 2 N–H and O–H groups in total. The third-order valence-electron chi connectivity index (χ3n) is 8.59. The molecule has 0 radical (unpaired) electrons. The zero-order valence-corrected chi connectivity index (χ0v) is 25.9. The first-order valence-corrected chi connectivity index (χ1v) is 16.3. The number of carbonyl (C=O) groups excluding carboxylic acids is 1. The van der Waals surface area contributed by atoms with Crippen LogP contribution in [-0.2, 0) is 22.3 Å². The fourth-order valence-corrected chi connectivity index (χ4v) is 6.79. The highest BCUT2D eigenvalue weighted by molar-refractivity contribution is 7.79. The Labute approximate surface area is 267 Å². The van der Waals surface area contributed by atoms with Crippen molar-refractivity contribution in [2.24, 2.45) is 4.99 Å². The average Bonchev–Trinajstić information content (AvgIpc) is 3.83. The van der Waals surface area contributed by atoms with Gasteiger partial charge in [0.15, 0.2) is 0 Å². The van der Waals surface area contributed by atoms with Crippen LogP contribution in [0.4, 0.5) is 18.9 Å². The highest BCUT2D eigenvalue weighted by Crippen LogP contribution is 2.37. The lowest BCUT2D eigenvalue weighted by atomic mass is 9.83. The molecule has 3 aliphatic rings. The number of hydrogen-bond donors (Lipinski definition) is 2. The number of rotatable bonds is 12. The number of amides is 1. The van der Waals surface area contributed by atoms with Crippen LogP contribution >= 0.6 is 11.6 Å². The second-order valence-corrected chi connectivity index (χ2v) is 12.8. The molecule has 7 unspecified atom stereocenters. The van der Waals surface area contributed by atoms with Crippen LogP contribution in [0, 0.1) is 18.2 Å². The summed E-state index contributed by atoms with van der Waals surface area (Å²) < 4.78 is 65.4. The highest BCUT2D eigenvalue weighted by atomic mass is 35.5. The van der Waals surface area contributed by atoms with Crippen molar-refractivity contribution in [3.05, 3.63) is 92.7 Å². The highest BCUT2D eigenvalue weighted by Gasteiger charge is 2.47. The summed E-state index contributed by atoms with van der Waals surface area (Å²) in [5.41, 5.74) is 1.39. The van der Waals surface area contributed by atoms with E-state index in [0.29, 0.717) is 42.0 Å². The molecule has 3 aliphatic heterocycles. The molecular weight excluding hydrogens is 627 g/mol. The number of benzene rings is 2. The molecule has 8 nitrogen and oxygen atoms in total. The lowest BCUT2D eigenvalue weighted by Gasteiger charge is -2.31. The molecule has 2 aromatic carbocycles. The summed E-state index contributed by atoms with van der Waals surface area (Å²) in [4.78, 5) is 23.9. The van der Waals surface area contributed by atoms with Gasteiger partial charge in [0.05, 0.1) is 17.2 Å². The molecule has 45 heavy (non-hydrogen) atoms. The topological polar surface area (TPSA) is 101 Å². The Kier molecular flexibility index (Phi) is 10.9. The molecule has 1 amide bonds. The van der Waals surface area contributed by atoms with E-state index in [2.05, 4.69) is 25.4 Å². The Morgan fingerprint density at radius 3 is 2.82 bits per heavy atom. The van der Waals surface area contributed by atoms with Crippen LogP contribution in [0.25, 0.3) is 4.85 Å². The molecule has 7 atom stereocenters. The summed E-state index contributed by atoms with van der Waals surface area (Å²) in [6.07, 6.45) is 6.13. The number of anilines is 1. The number of aliphatic imine (C=N–C) groups is 1. The van der Waals surface area contributed by atoms with Gasteiger partial charge in [-0.25, -0.2) is 13.2 Å². The van der Waals surface area contributed by atoms with Gasteiger partial charge in [-0.15, -0.1) is 0 Å². The largest absolute Gasteiger partial charge is 0.772 e. The molecule has 238 valence electrons. The monoisotopic (exact) mass is 659 g/mol. The number of allylic oxidation sites excluding steroid dienone is 2. The van der Waals surface area contributed by atoms with Gasteiger partial charge in [-0.05, 0) is 73.6 Å². The van der Waals surface area contributed by atoms with Crippen molar-refractivity contribution in [2.75, 3.05) is 24.2 Å². The summed E-state index contributed by atoms with van der Waals surface area (Å²) in [5, 5.41) is 6.21. The number of carbonyl (C=O) groups is 1. The molecule has 2 fully saturated rings. The van der Waals surface area contributed by atoms with Crippen molar-refractivity contribution < 1.29 is 26.7 Å². The number of piperazine rings is 1. The molecule has 5 rings (SSSR count). The lowest BCUT2D eigenvalue weighted by Crippen LogP contribution is -2.49. The smallest absolute Gasteiger partial charge is 0.359 e. The van der Waals surface area contributed by atoms with Crippen molar-refractivity contribution in [1.29, 1.82) is 0 Å². The molecule has 0 saturated carbocycles. The predicted octanol–water partition coefficient (Wildman–Crippen LogP) is 5.50. The quantitative estimate of drug-likeness (QED) is 0.232. The van der Waals surface area contributed by atoms with Gasteiger partial charge < -0.3 is 15.2 Å². The molecule has 0 bridgehead atoms. The van der Waals surface area contributed by atoms with Crippen LogP contribution < -0.4 is 10.6 Å². The first-order chi connectivity index (χ1) is 21.7. The van der Waals surface area contributed by atoms with Crippen molar-refractivity contribution >= 4 is 40.5 Å². The fourth-order valence-electron chi connectivity index (χ4n) is 6.27. The van der Waals surface area contributed by atoms with Gasteiger partial charge >= 0.3 is 11.9 Å². The van der Waals surface area contributed by atoms with Crippen LogP contribution in [0.15, 0.2) is 65.1 Å². The Hall–Kier alpha value is -3.34. The fraction of sp³-hybridized carbons (Fsp3) is 0.406. The summed E-state index contributed by atoms with van der Waals surface area (Å²) in [6.45, 7) is 7.40. The second kappa shape index (κ2) is 14.8. The van der Waals surface area contributed by atoms with Gasteiger partial charge in [0.25, 0.3) is 6.57 Å². The number of nitrogens with zero attached hydrogens (tertiary/aromatic N) is 3. The van der Waals surface area contributed by atoms with Gasteiger partial charge in [0, 0.05) is 54.4 Å². The minimum absolute atomic E-state index is 0.0663. The third-order valence-corrected chi connectivity index (χ3v) is 9.52. The van der Waals surface area contributed by atoms with E-state index < -0.39 is 46.4 Å². The Morgan fingerprint density at radius 2 is 2.07 bits per heavy atom. The van der Waals surface area contributed by atoms with Gasteiger partial charge in [0.2, 0.25) is 0 Å². The van der Waals surface area contributed by atoms with E-state index in [4.69, 9.17) is 18.2 Å². The Bertz CT molecular complexity index is 1590. The number of hydrogen-bond acceptors (Lipinski definition) is 6. The third kappa shape index (κ3) is 8.09. The second-order valence-electron chi connectivity index (χ2n) is 11.4. The summed E-state index contributed by atoms with van der Waals surface area (Å²) in [5.74, 6) is -3.18. The van der Waals surface area contributed by atoms with Crippen LogP contribution in [0.3, 0.4) is 0 Å². The van der Waals surface area contributed by atoms with Crippen LogP contribution in [0.2, 0.25) is 5.02 Å². The van der Waals surface area contributed by atoms with E-state index in [1.807, 2.05) is 0 Å². The summed E-state index contributed by atoms with van der Waals surface area (Å²) in [7, 11) is 0. The van der Waals surface area contributed by atoms with E-state index in [9.17, 15) is 22.3 Å². The van der Waals surface area contributed by atoms with Gasteiger partial charge in [-0.1, -0.05) is 39.7 Å². The Balaban J connectivity index is 1.31. The summed E-state index contributed by atoms with van der Waals surface area (Å²) >= 11 is 3.86. The molecule has 2 aromatic rings. The number of nitrogens with one attached hydrogen (secondary N) is 2. The Morgan fingerprint density at radius 1 is 1.24 bits per heavy atom. The van der Waals surface area contributed by atoms with Crippen LogP contribution in [0.5, 0.6) is 0 Å². The minimum atomic E-state index is -2.04. The molecule has 0 aromatic heterocycles. The van der Waals surface area contributed by atoms with E-state index in [1.165, 1.54) is 42.6 Å². The number of halogens is 4. The standard InChI is InChI=1S/C32H33ClF3N5O3S/c1-37-31(30(19-8-11-24(33)26(36)14-19)20-7-9-21(34)16-38-15-20)32(42)40-27-6-2-5-25(35)23(27)10-12-28-29-18-41(29)22(17-39-28)4-3-13-45(43)44/h1-2,5-6,8-9,11,14-16,22,28-31,39H,3-4,7,10,12-13,17-18H2,(H-,40,42,43,44). The zero-order chi connectivity index (χ0) is 32.1. The maximum atomic E-state index is 15.2. The lowest BCUT2D eigenvalue weighted by molar-refractivity contribution is -0.116. The molecule has 2 saturated heterocycles. The maximum absolute atomic E-state index is 15.2. The van der Waals surface area contributed by atoms with E-state index >= 15 is 4.39 Å². The summed E-state index contributed by atoms with van der Waals surface area (Å²) in [6, 6.07) is 7.88. The van der Waals surface area contributed by atoms with E-state index in [-0.39, 0.29) is 35.0 Å². The van der Waals surface area contributed by atoms with Crippen molar-refractivity contribution in [3.63, 3.8) is 0 Å². The molecule has 0 spiro atoms. The molecule has 13 heteroatoms. The molecular formula is C32H33ClF3N5O3S. The van der Waals surface area contributed by atoms with E-state index in [0.717, 1.165) is 25.7 Å². The van der Waals surface area contributed by atoms with Gasteiger partial charge in [0.1, 0.15) is 17.5 Å². The van der Waals surface area contributed by atoms with Crippen molar-refractivity contribution in [1.82, 2.24) is 10.2 Å². The van der Waals surface area contributed by atoms with E-state index in [1.54, 1.807) is 6.07 Å².